The molecule has 0 bridgehead atoms. The number of ketones is 1. The first-order valence-electron chi connectivity index (χ1n) is 14.4. The summed E-state index contributed by atoms with van der Waals surface area (Å²) >= 11 is 0. The molecule has 12 heteroatoms. The summed E-state index contributed by atoms with van der Waals surface area (Å²) in [7, 11) is 3.43. The summed E-state index contributed by atoms with van der Waals surface area (Å²) < 4.78 is 0. The van der Waals surface area contributed by atoms with Crippen LogP contribution in [0.25, 0.3) is 11.1 Å². The number of allylic oxidation sites excluding steroid dienone is 1. The van der Waals surface area contributed by atoms with Crippen LogP contribution in [0.15, 0.2) is 64.2 Å². The molecule has 6 atom stereocenters. The van der Waals surface area contributed by atoms with E-state index in [1.807, 2.05) is 0 Å². The Balaban J connectivity index is 1.39. The molecule has 3 aliphatic carbocycles. The van der Waals surface area contributed by atoms with E-state index in [2.05, 4.69) is 10.5 Å². The van der Waals surface area contributed by atoms with Crippen LogP contribution in [-0.4, -0.2) is 81.0 Å². The van der Waals surface area contributed by atoms with E-state index < -0.39 is 52.8 Å². The number of likely N-dealkylation sites (N-methyl/N-ethyl adjacent to an activating group) is 1. The normalized spacial score (nSPS) is 29.2. The lowest BCUT2D eigenvalue weighted by atomic mass is 9.56. The number of nitrogens with zero attached hydrogens (tertiary/aromatic N) is 2. The van der Waals surface area contributed by atoms with Crippen LogP contribution in [0.1, 0.15) is 35.7 Å². The first kappa shape index (κ1) is 29.4. The second-order valence-corrected chi connectivity index (χ2v) is 12.3. The first-order chi connectivity index (χ1) is 20.8. The van der Waals surface area contributed by atoms with Gasteiger partial charge in [0.15, 0.2) is 5.78 Å². The van der Waals surface area contributed by atoms with Crippen molar-refractivity contribution in [2.75, 3.05) is 19.4 Å². The lowest BCUT2D eigenvalue weighted by molar-refractivity contribution is -0.125. The van der Waals surface area contributed by atoms with Crippen molar-refractivity contribution in [2.24, 2.45) is 28.6 Å². The molecule has 1 aliphatic heterocycles. The Morgan fingerprint density at radius 1 is 1.09 bits per heavy atom. The second-order valence-electron chi connectivity index (χ2n) is 12.3. The highest BCUT2D eigenvalue weighted by molar-refractivity contribution is 6.14. The number of nitrogens with two attached hydrogens (primary N) is 1. The lowest BCUT2D eigenvalue weighted by Crippen LogP contribution is -2.59. The summed E-state index contributed by atoms with van der Waals surface area (Å²) in [5.41, 5.74) is 5.86. The van der Waals surface area contributed by atoms with Gasteiger partial charge in [0, 0.05) is 23.9 Å². The monoisotopic (exact) mass is 602 g/mol. The number of hydrogen-bond donors (Lipinski definition) is 6. The number of Topliss-reactive ketones (excluding diaryl/α,β-unsaturated/α-hetero) is 1. The Kier molecular flexibility index (Phi) is 7.01. The molecule has 0 saturated heterocycles. The van der Waals surface area contributed by atoms with Gasteiger partial charge in [-0.25, -0.2) is 0 Å². The summed E-state index contributed by atoms with van der Waals surface area (Å²) in [5.74, 6) is -5.03. The summed E-state index contributed by atoms with van der Waals surface area (Å²) in [5, 5.41) is 51.7. The van der Waals surface area contributed by atoms with Crippen molar-refractivity contribution in [3.63, 3.8) is 0 Å². The zero-order valence-corrected chi connectivity index (χ0v) is 24.4. The fraction of sp³-hybridized carbons (Fsp3) is 0.375. The first-order valence-corrected chi connectivity index (χ1v) is 14.4. The molecule has 6 rings (SSSR count). The third-order valence-corrected chi connectivity index (χ3v) is 9.37. The minimum Gasteiger partial charge on any atom is -0.511 e. The van der Waals surface area contributed by atoms with Crippen LogP contribution >= 0.6 is 0 Å². The molecule has 2 amide bonds. The minimum absolute atomic E-state index is 0.0580. The van der Waals surface area contributed by atoms with Gasteiger partial charge in [-0.1, -0.05) is 23.4 Å². The van der Waals surface area contributed by atoms with E-state index in [0.717, 1.165) is 5.56 Å². The molecule has 5 unspecified atom stereocenters. The molecule has 0 fully saturated rings. The Morgan fingerprint density at radius 3 is 2.41 bits per heavy atom. The average molecular weight is 603 g/mol. The highest BCUT2D eigenvalue weighted by atomic mass is 16.6. The largest absolute Gasteiger partial charge is 0.511 e. The number of benzene rings is 2. The molecule has 2 aromatic rings. The van der Waals surface area contributed by atoms with E-state index in [-0.39, 0.29) is 34.3 Å². The van der Waals surface area contributed by atoms with Crippen LogP contribution in [0, 0.1) is 17.8 Å². The number of aromatic hydroxyl groups is 1. The Labute approximate surface area is 253 Å². The number of phenols is 1. The molecule has 0 saturated carbocycles. The quantitative estimate of drug-likeness (QED) is 0.298. The Morgan fingerprint density at radius 2 is 1.80 bits per heavy atom. The fourth-order valence-corrected chi connectivity index (χ4v) is 7.57. The van der Waals surface area contributed by atoms with Gasteiger partial charge in [-0.3, -0.25) is 19.3 Å². The van der Waals surface area contributed by atoms with Crippen molar-refractivity contribution in [3.8, 4) is 16.9 Å². The molecule has 7 N–H and O–H groups in total. The number of aliphatic hydroxyl groups excluding tert-OH is 2. The molecule has 0 spiro atoms. The van der Waals surface area contributed by atoms with Crippen LogP contribution < -0.4 is 11.1 Å². The summed E-state index contributed by atoms with van der Waals surface area (Å²) in [4.78, 5) is 45.6. The molecule has 0 aromatic heterocycles. The van der Waals surface area contributed by atoms with Gasteiger partial charge in [0.05, 0.1) is 23.1 Å². The van der Waals surface area contributed by atoms with Gasteiger partial charge in [0.25, 0.3) is 11.8 Å². The summed E-state index contributed by atoms with van der Waals surface area (Å²) in [6.07, 6.45) is 1.84. The van der Waals surface area contributed by atoms with Gasteiger partial charge in [-0.15, -0.1) is 0 Å². The van der Waals surface area contributed by atoms with Crippen LogP contribution in [0.4, 0.5) is 5.69 Å². The summed E-state index contributed by atoms with van der Waals surface area (Å²) in [6.45, 7) is 1.31. The Hall–Kier alpha value is -4.68. The molecule has 12 nitrogen and oxygen atoms in total. The smallest absolute Gasteiger partial charge is 0.268 e. The number of aliphatic hydroxyl groups is 3. The number of fused-ring (bicyclic) bond motifs is 3. The van der Waals surface area contributed by atoms with Gasteiger partial charge in [-0.05, 0) is 80.6 Å². The van der Waals surface area contributed by atoms with E-state index in [1.165, 1.54) is 19.2 Å². The van der Waals surface area contributed by atoms with Crippen molar-refractivity contribution in [1.82, 2.24) is 4.90 Å². The van der Waals surface area contributed by atoms with E-state index in [4.69, 9.17) is 10.6 Å². The van der Waals surface area contributed by atoms with Crippen LogP contribution in [-0.2, 0) is 20.8 Å². The number of anilines is 1. The number of primary amides is 1. The van der Waals surface area contributed by atoms with Gasteiger partial charge in [0.1, 0.15) is 22.9 Å². The number of carbonyl (C=O) groups excluding carboxylic acids is 3. The maximum atomic E-state index is 14.1. The van der Waals surface area contributed by atoms with Crippen molar-refractivity contribution in [1.29, 1.82) is 0 Å². The standard InChI is InChI=1S/C32H34N4O8/c1-32(43)24-19(26(36(2)3)29(40)25(32)30(33)41)13-15-12-18-17(8-9-20(37)23(18)27(38)22(15)28(24)39)14-4-6-16(7-5-14)35-31(42)21-10-11-34-44-21/h4-9,11,15,19,21,24,26,37,39-40,43H,10,12-13H2,1-3H3,(H2,33,41)(H,35,42)/t15?,19?,21?,24?,26-,32?/m0/s1. The zero-order valence-electron chi connectivity index (χ0n) is 24.4. The van der Waals surface area contributed by atoms with Gasteiger partial charge >= 0.3 is 0 Å². The topological polar surface area (TPSA) is 195 Å². The number of hydrogen-bond acceptors (Lipinski definition) is 10. The molecule has 230 valence electrons. The van der Waals surface area contributed by atoms with E-state index in [0.29, 0.717) is 36.1 Å². The van der Waals surface area contributed by atoms with Gasteiger partial charge in [0.2, 0.25) is 6.10 Å². The van der Waals surface area contributed by atoms with Crippen molar-refractivity contribution >= 4 is 29.5 Å². The molecule has 0 radical (unpaired) electrons. The molecular formula is C32H34N4O8. The highest BCUT2D eigenvalue weighted by Crippen LogP contribution is 2.55. The van der Waals surface area contributed by atoms with Crippen molar-refractivity contribution < 1.29 is 39.6 Å². The number of phenolic OH excluding ortho intramolecular Hbond substituents is 1. The molecule has 2 aromatic carbocycles. The van der Waals surface area contributed by atoms with Crippen molar-refractivity contribution in [3.05, 3.63) is 70.2 Å². The molecule has 4 aliphatic rings. The van der Waals surface area contributed by atoms with Crippen LogP contribution in [0.3, 0.4) is 0 Å². The number of nitrogens with one attached hydrogen (secondary N) is 1. The van der Waals surface area contributed by atoms with E-state index in [1.54, 1.807) is 49.3 Å². The van der Waals surface area contributed by atoms with E-state index in [9.17, 15) is 34.8 Å². The number of oxime groups is 1. The maximum absolute atomic E-state index is 14.1. The second kappa shape index (κ2) is 10.5. The minimum atomic E-state index is -2.05. The lowest BCUT2D eigenvalue weighted by Gasteiger charge is -2.52. The predicted octanol–water partition coefficient (Wildman–Crippen LogP) is 2.57. The molecule has 44 heavy (non-hydrogen) atoms. The van der Waals surface area contributed by atoms with Crippen LogP contribution in [0.2, 0.25) is 0 Å². The number of amides is 2. The SMILES string of the molecule is CN(C)[C@@H]1C(O)=C(C(N)=O)C(C)(O)C2C(O)=C3C(=O)c4c(O)ccc(-c5ccc(NC(=O)C6CC=NO6)cc5)c4CC3CC21. The number of carbonyl (C=O) groups is 3. The van der Waals surface area contributed by atoms with E-state index >= 15 is 0 Å². The molecule has 1 heterocycles. The average Bonchev–Trinajstić information content (AvgIpc) is 3.48. The van der Waals surface area contributed by atoms with Gasteiger partial charge < -0.3 is 36.3 Å². The third-order valence-electron chi connectivity index (χ3n) is 9.37. The van der Waals surface area contributed by atoms with Crippen LogP contribution in [0.5, 0.6) is 5.75 Å². The molecular weight excluding hydrogens is 568 g/mol. The fourth-order valence-electron chi connectivity index (χ4n) is 7.57. The highest BCUT2D eigenvalue weighted by Gasteiger charge is 2.59. The predicted molar refractivity (Wildman–Crippen MR) is 160 cm³/mol. The zero-order chi connectivity index (χ0) is 31.7. The third kappa shape index (κ3) is 4.44. The number of rotatable bonds is 5. The maximum Gasteiger partial charge on any atom is 0.268 e. The summed E-state index contributed by atoms with van der Waals surface area (Å²) in [6, 6.07) is 9.45. The Bertz CT molecular complexity index is 1670. The van der Waals surface area contributed by atoms with Gasteiger partial charge in [-0.2, -0.15) is 0 Å². The van der Waals surface area contributed by atoms with Crippen molar-refractivity contribution in [2.45, 2.75) is 43.9 Å².